The first-order chi connectivity index (χ1) is 13.3. The number of amides is 1. The molecule has 2 N–H and O–H groups in total. The fourth-order valence-electron chi connectivity index (χ4n) is 2.83. The number of aliphatic carboxylic acids is 1. The van der Waals surface area contributed by atoms with E-state index in [-0.39, 0.29) is 17.7 Å². The first-order valence-corrected chi connectivity index (χ1v) is 8.17. The van der Waals surface area contributed by atoms with E-state index in [9.17, 15) is 22.8 Å². The number of hydrogen-bond acceptors (Lipinski definition) is 4. The number of rotatable bonds is 4. The average molecular weight is 389 g/mol. The van der Waals surface area contributed by atoms with E-state index >= 15 is 0 Å². The van der Waals surface area contributed by atoms with Crippen molar-refractivity contribution in [2.24, 2.45) is 11.0 Å². The van der Waals surface area contributed by atoms with Crippen LogP contribution in [0, 0.1) is 17.8 Å². The summed E-state index contributed by atoms with van der Waals surface area (Å²) in [6.07, 6.45) is -1.54. The molecule has 1 amide bonds. The standard InChI is InChI=1S/C19H14F3N3O3/c20-19(21,22)16-14(18(27)28)11-23-25(16)15-10-6-2-5-9-13(15)17(26)24-12-7-3-1-4-8-12/h1,3-4,7-11,14,16H,6H2,(H,24,26)(H,27,28). The average Bonchev–Trinajstić information content (AvgIpc) is 2.95. The fraction of sp³-hybridized carbons (Fsp3) is 0.211. The summed E-state index contributed by atoms with van der Waals surface area (Å²) in [7, 11) is 0. The number of nitrogens with zero attached hydrogens (tertiary/aromatic N) is 2. The van der Waals surface area contributed by atoms with Crippen molar-refractivity contribution in [3.05, 3.63) is 53.8 Å². The number of carboxylic acid groups (broad SMARTS) is 1. The highest BCUT2D eigenvalue weighted by Crippen LogP contribution is 2.38. The molecule has 9 heteroatoms. The van der Waals surface area contributed by atoms with Crippen molar-refractivity contribution in [2.75, 3.05) is 5.32 Å². The van der Waals surface area contributed by atoms with Crippen LogP contribution in [0.2, 0.25) is 0 Å². The predicted molar refractivity (Wildman–Crippen MR) is 94.9 cm³/mol. The molecule has 144 valence electrons. The van der Waals surface area contributed by atoms with Gasteiger partial charge in [0, 0.05) is 24.4 Å². The van der Waals surface area contributed by atoms with Crippen LogP contribution in [0.25, 0.3) is 0 Å². The summed E-state index contributed by atoms with van der Waals surface area (Å²) in [6, 6.07) is 5.94. The van der Waals surface area contributed by atoms with Crippen LogP contribution in [0.15, 0.2) is 58.9 Å². The Kier molecular flexibility index (Phi) is 5.22. The third-order valence-electron chi connectivity index (χ3n) is 4.09. The van der Waals surface area contributed by atoms with Crippen LogP contribution in [-0.2, 0) is 9.59 Å². The van der Waals surface area contributed by atoms with Crippen molar-refractivity contribution in [1.29, 1.82) is 0 Å². The minimum absolute atomic E-state index is 0.0856. The molecule has 28 heavy (non-hydrogen) atoms. The Balaban J connectivity index is 1.94. The Hall–Kier alpha value is -3.54. The topological polar surface area (TPSA) is 82.0 Å². The summed E-state index contributed by atoms with van der Waals surface area (Å²) in [5, 5.41) is 15.9. The third kappa shape index (κ3) is 3.91. The predicted octanol–water partition coefficient (Wildman–Crippen LogP) is 2.78. The van der Waals surface area contributed by atoms with Crippen LogP contribution in [0.5, 0.6) is 0 Å². The van der Waals surface area contributed by atoms with Crippen LogP contribution in [0.4, 0.5) is 18.9 Å². The van der Waals surface area contributed by atoms with Gasteiger partial charge in [-0.05, 0) is 18.2 Å². The number of para-hydroxylation sites is 1. The molecule has 0 saturated heterocycles. The molecular weight excluding hydrogens is 375 g/mol. The van der Waals surface area contributed by atoms with Gasteiger partial charge in [-0.2, -0.15) is 18.3 Å². The molecule has 1 heterocycles. The maximum Gasteiger partial charge on any atom is 0.412 e. The van der Waals surface area contributed by atoms with Gasteiger partial charge in [-0.1, -0.05) is 30.0 Å². The summed E-state index contributed by atoms with van der Waals surface area (Å²) in [5.74, 6) is 1.06. The zero-order valence-corrected chi connectivity index (χ0v) is 14.3. The fourth-order valence-corrected chi connectivity index (χ4v) is 2.83. The smallest absolute Gasteiger partial charge is 0.412 e. The molecule has 1 aromatic rings. The lowest BCUT2D eigenvalue weighted by Crippen LogP contribution is -2.47. The van der Waals surface area contributed by atoms with Gasteiger partial charge in [-0.3, -0.25) is 14.6 Å². The van der Waals surface area contributed by atoms with Crippen molar-refractivity contribution < 1.29 is 27.9 Å². The maximum absolute atomic E-state index is 13.6. The van der Waals surface area contributed by atoms with Gasteiger partial charge in [0.05, 0.1) is 11.3 Å². The highest BCUT2D eigenvalue weighted by atomic mass is 19.4. The van der Waals surface area contributed by atoms with Gasteiger partial charge < -0.3 is 10.4 Å². The van der Waals surface area contributed by atoms with Gasteiger partial charge in [0.1, 0.15) is 5.92 Å². The van der Waals surface area contributed by atoms with E-state index in [0.717, 1.165) is 6.21 Å². The van der Waals surface area contributed by atoms with Crippen LogP contribution < -0.4 is 5.32 Å². The largest absolute Gasteiger partial charge is 0.481 e. The van der Waals surface area contributed by atoms with Crippen LogP contribution >= 0.6 is 0 Å². The van der Waals surface area contributed by atoms with Gasteiger partial charge >= 0.3 is 12.1 Å². The molecule has 0 saturated carbocycles. The normalized spacial score (nSPS) is 21.2. The van der Waals surface area contributed by atoms with E-state index < -0.39 is 30.0 Å². The number of hydrazone groups is 1. The zero-order chi connectivity index (χ0) is 20.3. The first-order valence-electron chi connectivity index (χ1n) is 8.17. The Bertz CT molecular complexity index is 940. The third-order valence-corrected chi connectivity index (χ3v) is 4.09. The highest BCUT2D eigenvalue weighted by Gasteiger charge is 2.54. The zero-order valence-electron chi connectivity index (χ0n) is 14.3. The number of nitrogens with one attached hydrogen (secondary N) is 1. The Morgan fingerprint density at radius 2 is 1.96 bits per heavy atom. The molecule has 1 aromatic carbocycles. The molecule has 3 rings (SSSR count). The number of hydrogen-bond donors (Lipinski definition) is 2. The Morgan fingerprint density at radius 3 is 2.61 bits per heavy atom. The SMILES string of the molecule is O=C(Nc1ccccc1)C1=CC#CCC=C1N1N=CC(C(=O)O)C1C(F)(F)F. The van der Waals surface area contributed by atoms with Gasteiger partial charge in [-0.25, -0.2) is 0 Å². The molecule has 0 aromatic heterocycles. The lowest BCUT2D eigenvalue weighted by molar-refractivity contribution is -0.188. The second-order valence-electron chi connectivity index (χ2n) is 5.95. The molecule has 0 fully saturated rings. The van der Waals surface area contributed by atoms with E-state index in [4.69, 9.17) is 5.11 Å². The van der Waals surface area contributed by atoms with Crippen LogP contribution in [0.1, 0.15) is 6.42 Å². The lowest BCUT2D eigenvalue weighted by Gasteiger charge is -2.30. The number of alkyl halides is 3. The number of anilines is 1. The number of carboxylic acids is 1. The minimum Gasteiger partial charge on any atom is -0.481 e. The van der Waals surface area contributed by atoms with E-state index in [1.54, 1.807) is 30.3 Å². The minimum atomic E-state index is -4.88. The van der Waals surface area contributed by atoms with Crippen molar-refractivity contribution in [2.45, 2.75) is 18.6 Å². The molecular formula is C19H14F3N3O3. The van der Waals surface area contributed by atoms with Gasteiger partial charge in [0.25, 0.3) is 5.91 Å². The molecule has 0 spiro atoms. The second kappa shape index (κ2) is 7.60. The molecule has 1 aliphatic carbocycles. The van der Waals surface area contributed by atoms with Crippen LogP contribution in [-0.4, -0.2) is 40.4 Å². The van der Waals surface area contributed by atoms with Gasteiger partial charge in [-0.15, -0.1) is 0 Å². The van der Waals surface area contributed by atoms with Crippen molar-refractivity contribution in [3.63, 3.8) is 0 Å². The van der Waals surface area contributed by atoms with Crippen molar-refractivity contribution >= 4 is 23.8 Å². The molecule has 2 atom stereocenters. The molecule has 0 bridgehead atoms. The second-order valence-corrected chi connectivity index (χ2v) is 5.95. The summed E-state index contributed by atoms with van der Waals surface area (Å²) >= 11 is 0. The van der Waals surface area contributed by atoms with E-state index in [0.29, 0.717) is 10.7 Å². The number of carbonyl (C=O) groups is 2. The van der Waals surface area contributed by atoms with E-state index in [1.807, 2.05) is 0 Å². The van der Waals surface area contributed by atoms with Gasteiger partial charge in [0.15, 0.2) is 6.04 Å². The Labute approximate surface area is 158 Å². The lowest BCUT2D eigenvalue weighted by atomic mass is 10.00. The molecule has 2 unspecified atom stereocenters. The quantitative estimate of drug-likeness (QED) is 0.776. The van der Waals surface area contributed by atoms with E-state index in [1.165, 1.54) is 12.2 Å². The monoisotopic (exact) mass is 389 g/mol. The maximum atomic E-state index is 13.6. The number of allylic oxidation sites excluding steroid dienone is 2. The van der Waals surface area contributed by atoms with E-state index in [2.05, 4.69) is 22.3 Å². The molecule has 6 nitrogen and oxygen atoms in total. The molecule has 0 radical (unpaired) electrons. The number of benzene rings is 1. The summed E-state index contributed by atoms with van der Waals surface area (Å²) in [4.78, 5) is 24.0. The molecule has 2 aliphatic rings. The van der Waals surface area contributed by atoms with Gasteiger partial charge in [0.2, 0.25) is 0 Å². The Morgan fingerprint density at radius 1 is 1.25 bits per heavy atom. The summed E-state index contributed by atoms with van der Waals surface area (Å²) in [5.41, 5.74) is 0.158. The highest BCUT2D eigenvalue weighted by molar-refractivity contribution is 6.07. The van der Waals surface area contributed by atoms with Crippen LogP contribution in [0.3, 0.4) is 0 Å². The summed E-state index contributed by atoms with van der Waals surface area (Å²) < 4.78 is 40.8. The van der Waals surface area contributed by atoms with Crippen molar-refractivity contribution in [3.8, 4) is 11.8 Å². The first kappa shape index (κ1) is 19.2. The summed E-state index contributed by atoms with van der Waals surface area (Å²) in [6.45, 7) is 0. The van der Waals surface area contributed by atoms with Crippen molar-refractivity contribution in [1.82, 2.24) is 5.01 Å². The number of halogens is 3. The molecule has 1 aliphatic heterocycles. The number of carbonyl (C=O) groups excluding carboxylic acids is 1.